The van der Waals surface area contributed by atoms with Crippen LogP contribution in [0.3, 0.4) is 0 Å². The van der Waals surface area contributed by atoms with Crippen LogP contribution in [0.15, 0.2) is 5.38 Å². The van der Waals surface area contributed by atoms with Crippen LogP contribution in [-0.4, -0.2) is 36.1 Å². The lowest BCUT2D eigenvalue weighted by atomic mass is 10.1. The standard InChI is InChI=1S/C13H23N3S/c1-11(9-14)12-10-17-13(15-12)5-8-16-6-3-2-4-7-16/h10-11H,2-9,14H2,1H3. The molecule has 17 heavy (non-hydrogen) atoms. The summed E-state index contributed by atoms with van der Waals surface area (Å²) >= 11 is 1.79. The summed E-state index contributed by atoms with van der Waals surface area (Å²) in [6, 6.07) is 0. The molecule has 2 rings (SSSR count). The van der Waals surface area contributed by atoms with Crippen molar-refractivity contribution in [1.29, 1.82) is 0 Å². The molecule has 1 aliphatic heterocycles. The third-order valence-corrected chi connectivity index (χ3v) is 4.45. The predicted molar refractivity (Wildman–Crippen MR) is 73.6 cm³/mol. The Hall–Kier alpha value is -0.450. The fourth-order valence-corrected chi connectivity index (χ4v) is 3.13. The van der Waals surface area contributed by atoms with Crippen LogP contribution in [0.25, 0.3) is 0 Å². The zero-order chi connectivity index (χ0) is 12.1. The normalized spacial score (nSPS) is 19.4. The molecule has 1 unspecified atom stereocenters. The first-order valence-electron chi connectivity index (χ1n) is 6.66. The van der Waals surface area contributed by atoms with E-state index in [0.29, 0.717) is 12.5 Å². The first-order valence-corrected chi connectivity index (χ1v) is 7.54. The molecule has 0 aliphatic carbocycles. The molecule has 1 aliphatic rings. The van der Waals surface area contributed by atoms with E-state index in [4.69, 9.17) is 5.73 Å². The molecule has 3 nitrogen and oxygen atoms in total. The highest BCUT2D eigenvalue weighted by atomic mass is 32.1. The smallest absolute Gasteiger partial charge is 0.0941 e. The van der Waals surface area contributed by atoms with E-state index in [1.54, 1.807) is 11.3 Å². The maximum atomic E-state index is 5.66. The van der Waals surface area contributed by atoms with Crippen molar-refractivity contribution in [3.05, 3.63) is 16.1 Å². The minimum Gasteiger partial charge on any atom is -0.330 e. The van der Waals surface area contributed by atoms with Crippen molar-refractivity contribution >= 4 is 11.3 Å². The van der Waals surface area contributed by atoms with E-state index in [1.807, 2.05) is 0 Å². The summed E-state index contributed by atoms with van der Waals surface area (Å²) in [5, 5.41) is 3.44. The fraction of sp³-hybridized carbons (Fsp3) is 0.769. The molecule has 1 aromatic heterocycles. The van der Waals surface area contributed by atoms with Crippen LogP contribution in [0, 0.1) is 0 Å². The van der Waals surface area contributed by atoms with Crippen LogP contribution in [0.4, 0.5) is 0 Å². The number of rotatable bonds is 5. The minimum atomic E-state index is 0.398. The van der Waals surface area contributed by atoms with Crippen LogP contribution in [-0.2, 0) is 6.42 Å². The molecule has 96 valence electrons. The Balaban J connectivity index is 1.80. The number of hydrogen-bond acceptors (Lipinski definition) is 4. The Kier molecular flexibility index (Phi) is 4.95. The van der Waals surface area contributed by atoms with Crippen molar-refractivity contribution in [3.8, 4) is 0 Å². The molecule has 0 aromatic carbocycles. The number of thiazole rings is 1. The summed E-state index contributed by atoms with van der Waals surface area (Å²) in [6.45, 7) is 6.55. The molecular weight excluding hydrogens is 230 g/mol. The lowest BCUT2D eigenvalue weighted by molar-refractivity contribution is 0.231. The molecule has 2 heterocycles. The summed E-state index contributed by atoms with van der Waals surface area (Å²) in [5.74, 6) is 0.398. The molecule has 1 fully saturated rings. The summed E-state index contributed by atoms with van der Waals surface area (Å²) in [5.41, 5.74) is 6.83. The van der Waals surface area contributed by atoms with Gasteiger partial charge in [-0.3, -0.25) is 0 Å². The first kappa shape index (κ1) is 13.0. The largest absolute Gasteiger partial charge is 0.330 e. The first-order chi connectivity index (χ1) is 8.29. The Bertz CT molecular complexity index is 331. The average molecular weight is 253 g/mol. The van der Waals surface area contributed by atoms with Gasteiger partial charge in [-0.25, -0.2) is 4.98 Å². The molecular formula is C13H23N3S. The Morgan fingerprint density at radius 3 is 2.88 bits per heavy atom. The van der Waals surface area contributed by atoms with Gasteiger partial charge in [0.25, 0.3) is 0 Å². The molecule has 0 amide bonds. The fourth-order valence-electron chi connectivity index (χ4n) is 2.22. The highest BCUT2D eigenvalue weighted by molar-refractivity contribution is 7.09. The molecule has 2 N–H and O–H groups in total. The maximum Gasteiger partial charge on any atom is 0.0941 e. The van der Waals surface area contributed by atoms with Gasteiger partial charge in [-0.05, 0) is 25.9 Å². The minimum absolute atomic E-state index is 0.398. The highest BCUT2D eigenvalue weighted by Gasteiger charge is 2.12. The number of nitrogens with two attached hydrogens (primary N) is 1. The number of nitrogens with zero attached hydrogens (tertiary/aromatic N) is 2. The number of likely N-dealkylation sites (tertiary alicyclic amines) is 1. The van der Waals surface area contributed by atoms with Crippen molar-refractivity contribution in [2.24, 2.45) is 5.73 Å². The zero-order valence-electron chi connectivity index (χ0n) is 10.7. The summed E-state index contributed by atoms with van der Waals surface area (Å²) in [6.07, 6.45) is 5.24. The lowest BCUT2D eigenvalue weighted by Crippen LogP contribution is -2.31. The zero-order valence-corrected chi connectivity index (χ0v) is 11.5. The van der Waals surface area contributed by atoms with Gasteiger partial charge in [0.2, 0.25) is 0 Å². The lowest BCUT2D eigenvalue weighted by Gasteiger charge is -2.25. The van der Waals surface area contributed by atoms with Crippen LogP contribution >= 0.6 is 11.3 Å². The van der Waals surface area contributed by atoms with Crippen molar-refractivity contribution in [2.45, 2.75) is 38.5 Å². The molecule has 0 saturated carbocycles. The van der Waals surface area contributed by atoms with Gasteiger partial charge in [0.1, 0.15) is 0 Å². The maximum absolute atomic E-state index is 5.66. The van der Waals surface area contributed by atoms with Crippen molar-refractivity contribution in [2.75, 3.05) is 26.2 Å². The highest BCUT2D eigenvalue weighted by Crippen LogP contribution is 2.18. The molecule has 0 bridgehead atoms. The molecule has 0 spiro atoms. The van der Waals surface area contributed by atoms with Gasteiger partial charge in [-0.15, -0.1) is 11.3 Å². The van der Waals surface area contributed by atoms with E-state index in [9.17, 15) is 0 Å². The summed E-state index contributed by atoms with van der Waals surface area (Å²) < 4.78 is 0. The second-order valence-corrected chi connectivity index (χ2v) is 5.90. The SMILES string of the molecule is CC(CN)c1csc(CCN2CCCCC2)n1. The topological polar surface area (TPSA) is 42.1 Å². The van der Waals surface area contributed by atoms with Crippen LogP contribution in [0.2, 0.25) is 0 Å². The van der Waals surface area contributed by atoms with E-state index in [-0.39, 0.29) is 0 Å². The van der Waals surface area contributed by atoms with Gasteiger partial charge in [0.05, 0.1) is 10.7 Å². The van der Waals surface area contributed by atoms with Crippen molar-refractivity contribution in [3.63, 3.8) is 0 Å². The van der Waals surface area contributed by atoms with Crippen LogP contribution in [0.5, 0.6) is 0 Å². The third-order valence-electron chi connectivity index (χ3n) is 3.52. The molecule has 4 heteroatoms. The predicted octanol–water partition coefficient (Wildman–Crippen LogP) is 2.23. The van der Waals surface area contributed by atoms with Gasteiger partial charge in [-0.1, -0.05) is 13.3 Å². The Morgan fingerprint density at radius 2 is 2.18 bits per heavy atom. The number of hydrogen-bond donors (Lipinski definition) is 1. The van der Waals surface area contributed by atoms with Gasteiger partial charge in [-0.2, -0.15) is 0 Å². The number of piperidine rings is 1. The van der Waals surface area contributed by atoms with E-state index in [0.717, 1.165) is 6.42 Å². The summed E-state index contributed by atoms with van der Waals surface area (Å²) in [4.78, 5) is 7.24. The second-order valence-electron chi connectivity index (χ2n) is 4.96. The quantitative estimate of drug-likeness (QED) is 0.875. The van der Waals surface area contributed by atoms with E-state index < -0.39 is 0 Å². The molecule has 1 aromatic rings. The van der Waals surface area contributed by atoms with Gasteiger partial charge in [0.15, 0.2) is 0 Å². The molecule has 1 saturated heterocycles. The summed E-state index contributed by atoms with van der Waals surface area (Å²) in [7, 11) is 0. The van der Waals surface area contributed by atoms with Gasteiger partial charge < -0.3 is 10.6 Å². The van der Waals surface area contributed by atoms with E-state index in [1.165, 1.54) is 49.6 Å². The van der Waals surface area contributed by atoms with Gasteiger partial charge >= 0.3 is 0 Å². The van der Waals surface area contributed by atoms with E-state index >= 15 is 0 Å². The van der Waals surface area contributed by atoms with Gasteiger partial charge in [0, 0.05) is 30.8 Å². The Labute approximate surface area is 108 Å². The van der Waals surface area contributed by atoms with Crippen molar-refractivity contribution in [1.82, 2.24) is 9.88 Å². The third kappa shape index (κ3) is 3.76. The van der Waals surface area contributed by atoms with E-state index in [2.05, 4.69) is 22.2 Å². The monoisotopic (exact) mass is 253 g/mol. The molecule has 1 atom stereocenters. The number of aromatic nitrogens is 1. The van der Waals surface area contributed by atoms with Crippen LogP contribution in [0.1, 0.15) is 42.8 Å². The second kappa shape index (κ2) is 6.47. The van der Waals surface area contributed by atoms with Crippen LogP contribution < -0.4 is 5.73 Å². The average Bonchev–Trinajstić information content (AvgIpc) is 2.85. The van der Waals surface area contributed by atoms with Crippen molar-refractivity contribution < 1.29 is 0 Å². The molecule has 0 radical (unpaired) electrons. The Morgan fingerprint density at radius 1 is 1.41 bits per heavy atom.